The molecule has 0 amide bonds. The van der Waals surface area contributed by atoms with Crippen molar-refractivity contribution >= 4 is 0 Å². The number of ether oxygens (including phenoxy) is 1. The van der Waals surface area contributed by atoms with Gasteiger partial charge in [-0.15, -0.1) is 0 Å². The first-order valence-electron chi connectivity index (χ1n) is 9.72. The fourth-order valence-electron chi connectivity index (χ4n) is 4.40. The van der Waals surface area contributed by atoms with Crippen molar-refractivity contribution in [2.24, 2.45) is 5.73 Å². The molecule has 0 radical (unpaired) electrons. The Labute approximate surface area is 167 Å². The van der Waals surface area contributed by atoms with Gasteiger partial charge >= 0.3 is 6.18 Å². The maximum Gasteiger partial charge on any atom is 0.420 e. The number of halogens is 3. The number of nitriles is 1. The van der Waals surface area contributed by atoms with E-state index in [9.17, 15) is 13.2 Å². The highest BCUT2D eigenvalue weighted by molar-refractivity contribution is 5.45. The van der Waals surface area contributed by atoms with E-state index >= 15 is 0 Å². The quantitative estimate of drug-likeness (QED) is 0.843. The summed E-state index contributed by atoms with van der Waals surface area (Å²) in [5.41, 5.74) is 7.18. The van der Waals surface area contributed by atoms with Crippen LogP contribution in [0.4, 0.5) is 13.2 Å². The zero-order chi connectivity index (χ0) is 20.6. The standard InChI is InChI=1S/C22H22F3N3O/c23-22(24,25)18-10-14(12-26)7-8-20(18)29-21-17-6-2-1-4-15(17)11-19(21)28-9-3-5-16(27)13-28/h1-2,4,6-8,10,16,19,21H,3,5,9,11,13,27H2/t16-,19-,21-/m1/s1. The number of benzene rings is 2. The topological polar surface area (TPSA) is 62.3 Å². The highest BCUT2D eigenvalue weighted by atomic mass is 19.4. The first-order chi connectivity index (χ1) is 13.9. The van der Waals surface area contributed by atoms with Crippen LogP contribution in [0.5, 0.6) is 5.75 Å². The average molecular weight is 401 g/mol. The number of nitrogens with zero attached hydrogens (tertiary/aromatic N) is 2. The van der Waals surface area contributed by atoms with Crippen molar-refractivity contribution < 1.29 is 17.9 Å². The van der Waals surface area contributed by atoms with Crippen molar-refractivity contribution in [2.45, 2.75) is 43.6 Å². The van der Waals surface area contributed by atoms with E-state index in [1.807, 2.05) is 24.3 Å². The van der Waals surface area contributed by atoms with E-state index in [0.29, 0.717) is 13.0 Å². The number of likely N-dealkylation sites (tertiary alicyclic amines) is 1. The zero-order valence-electron chi connectivity index (χ0n) is 15.8. The second-order valence-electron chi connectivity index (χ2n) is 7.73. The van der Waals surface area contributed by atoms with Gasteiger partial charge in [-0.3, -0.25) is 4.90 Å². The van der Waals surface area contributed by atoms with Crippen LogP contribution in [-0.4, -0.2) is 30.1 Å². The molecular formula is C22H22F3N3O. The molecule has 0 bridgehead atoms. The van der Waals surface area contributed by atoms with Crippen LogP contribution in [0.1, 0.15) is 41.2 Å². The Morgan fingerprint density at radius 3 is 2.69 bits per heavy atom. The molecule has 0 unspecified atom stereocenters. The third kappa shape index (κ3) is 3.96. The third-order valence-electron chi connectivity index (χ3n) is 5.77. The summed E-state index contributed by atoms with van der Waals surface area (Å²) in [5, 5.41) is 8.99. The third-order valence-corrected chi connectivity index (χ3v) is 5.77. The summed E-state index contributed by atoms with van der Waals surface area (Å²) in [6.07, 6.45) is -2.50. The number of fused-ring (bicyclic) bond motifs is 1. The van der Waals surface area contributed by atoms with Gasteiger partial charge < -0.3 is 10.5 Å². The predicted octanol–water partition coefficient (Wildman–Crippen LogP) is 4.04. The SMILES string of the molecule is N#Cc1ccc(O[C@@H]2c3ccccc3C[C@H]2N2CCC[C@@H](N)C2)c(C(F)(F)F)c1. The second-order valence-corrected chi connectivity index (χ2v) is 7.73. The van der Waals surface area contributed by atoms with Crippen LogP contribution in [-0.2, 0) is 12.6 Å². The molecule has 0 spiro atoms. The summed E-state index contributed by atoms with van der Waals surface area (Å²) >= 11 is 0. The molecule has 2 N–H and O–H groups in total. The van der Waals surface area contributed by atoms with E-state index < -0.39 is 17.8 Å². The predicted molar refractivity (Wildman–Crippen MR) is 102 cm³/mol. The molecule has 2 aromatic rings. The van der Waals surface area contributed by atoms with Gasteiger partial charge in [0.05, 0.1) is 23.2 Å². The van der Waals surface area contributed by atoms with E-state index in [-0.39, 0.29) is 23.4 Å². The van der Waals surface area contributed by atoms with E-state index in [1.54, 1.807) is 6.07 Å². The van der Waals surface area contributed by atoms with Crippen LogP contribution < -0.4 is 10.5 Å². The van der Waals surface area contributed by atoms with E-state index in [2.05, 4.69) is 4.90 Å². The lowest BCUT2D eigenvalue weighted by atomic mass is 10.0. The molecule has 152 valence electrons. The van der Waals surface area contributed by atoms with Crippen molar-refractivity contribution in [1.29, 1.82) is 5.26 Å². The average Bonchev–Trinajstić information content (AvgIpc) is 3.06. The minimum absolute atomic E-state index is 0.0462. The van der Waals surface area contributed by atoms with E-state index in [1.165, 1.54) is 12.1 Å². The van der Waals surface area contributed by atoms with Crippen molar-refractivity contribution in [3.8, 4) is 11.8 Å². The number of piperidine rings is 1. The van der Waals surface area contributed by atoms with Gasteiger partial charge in [-0.1, -0.05) is 24.3 Å². The number of alkyl halides is 3. The molecule has 1 saturated heterocycles. The smallest absolute Gasteiger partial charge is 0.420 e. The number of rotatable bonds is 3. The van der Waals surface area contributed by atoms with Gasteiger partial charge in [0.1, 0.15) is 11.9 Å². The number of nitrogens with two attached hydrogens (primary N) is 1. The van der Waals surface area contributed by atoms with Gasteiger partial charge in [-0.05, 0) is 55.1 Å². The Morgan fingerprint density at radius 2 is 1.97 bits per heavy atom. The van der Waals surface area contributed by atoms with Gasteiger partial charge in [0, 0.05) is 12.6 Å². The first kappa shape index (κ1) is 19.7. The normalized spacial score (nSPS) is 24.7. The molecule has 2 aliphatic rings. The minimum Gasteiger partial charge on any atom is -0.483 e. The van der Waals surface area contributed by atoms with Crippen LogP contribution in [0.3, 0.4) is 0 Å². The molecule has 1 fully saturated rings. The molecule has 3 atom stereocenters. The lowest BCUT2D eigenvalue weighted by molar-refractivity contribution is -0.139. The summed E-state index contributed by atoms with van der Waals surface area (Å²) in [6.45, 7) is 1.56. The van der Waals surface area contributed by atoms with Crippen molar-refractivity contribution in [2.75, 3.05) is 13.1 Å². The summed E-state index contributed by atoms with van der Waals surface area (Å²) in [5.74, 6) is -0.246. The van der Waals surface area contributed by atoms with Crippen LogP contribution in [0.15, 0.2) is 42.5 Å². The van der Waals surface area contributed by atoms with Crippen molar-refractivity contribution in [3.05, 3.63) is 64.7 Å². The fourth-order valence-corrected chi connectivity index (χ4v) is 4.40. The van der Waals surface area contributed by atoms with Gasteiger partial charge in [-0.25, -0.2) is 0 Å². The van der Waals surface area contributed by atoms with Crippen LogP contribution >= 0.6 is 0 Å². The lowest BCUT2D eigenvalue weighted by Gasteiger charge is -2.38. The second kappa shape index (κ2) is 7.69. The first-order valence-corrected chi connectivity index (χ1v) is 9.72. The van der Waals surface area contributed by atoms with Gasteiger partial charge in [0.15, 0.2) is 0 Å². The molecule has 29 heavy (non-hydrogen) atoms. The summed E-state index contributed by atoms with van der Waals surface area (Å²) in [6, 6.07) is 12.9. The maximum absolute atomic E-state index is 13.6. The summed E-state index contributed by atoms with van der Waals surface area (Å²) < 4.78 is 46.9. The van der Waals surface area contributed by atoms with Crippen molar-refractivity contribution in [1.82, 2.24) is 4.90 Å². The number of hydrogen-bond donors (Lipinski definition) is 1. The molecule has 4 nitrogen and oxygen atoms in total. The Kier molecular flexibility index (Phi) is 5.24. The van der Waals surface area contributed by atoms with Gasteiger partial charge in [0.25, 0.3) is 0 Å². The van der Waals surface area contributed by atoms with E-state index in [0.717, 1.165) is 36.6 Å². The molecular weight excluding hydrogens is 379 g/mol. The highest BCUT2D eigenvalue weighted by Gasteiger charge is 2.41. The molecule has 0 saturated carbocycles. The molecule has 0 aromatic heterocycles. The monoisotopic (exact) mass is 401 g/mol. The highest BCUT2D eigenvalue weighted by Crippen LogP contribution is 2.43. The molecule has 4 rings (SSSR count). The number of hydrogen-bond acceptors (Lipinski definition) is 4. The van der Waals surface area contributed by atoms with Crippen molar-refractivity contribution in [3.63, 3.8) is 0 Å². The molecule has 7 heteroatoms. The molecule has 1 aliphatic carbocycles. The lowest BCUT2D eigenvalue weighted by Crippen LogP contribution is -2.49. The van der Waals surface area contributed by atoms with E-state index in [4.69, 9.17) is 15.7 Å². The maximum atomic E-state index is 13.6. The van der Waals surface area contributed by atoms with Crippen LogP contribution in [0, 0.1) is 11.3 Å². The largest absolute Gasteiger partial charge is 0.483 e. The van der Waals surface area contributed by atoms with Crippen LogP contribution in [0.25, 0.3) is 0 Å². The Bertz CT molecular complexity index is 938. The summed E-state index contributed by atoms with van der Waals surface area (Å²) in [7, 11) is 0. The Balaban J connectivity index is 1.71. The minimum atomic E-state index is -4.61. The zero-order valence-corrected chi connectivity index (χ0v) is 15.8. The Hall–Kier alpha value is -2.56. The van der Waals surface area contributed by atoms with Crippen LogP contribution in [0.2, 0.25) is 0 Å². The summed E-state index contributed by atoms with van der Waals surface area (Å²) in [4.78, 5) is 2.25. The fraction of sp³-hybridized carbons (Fsp3) is 0.409. The Morgan fingerprint density at radius 1 is 1.17 bits per heavy atom. The van der Waals surface area contributed by atoms with Gasteiger partial charge in [-0.2, -0.15) is 18.4 Å². The molecule has 1 heterocycles. The van der Waals surface area contributed by atoms with Gasteiger partial charge in [0.2, 0.25) is 0 Å². The molecule has 1 aliphatic heterocycles. The molecule has 2 aromatic carbocycles.